The zero-order valence-electron chi connectivity index (χ0n) is 7.41. The molecule has 1 heterocycles. The van der Waals surface area contributed by atoms with Crippen LogP contribution >= 0.6 is 0 Å². The van der Waals surface area contributed by atoms with Gasteiger partial charge in [0.1, 0.15) is 26.1 Å². The van der Waals surface area contributed by atoms with Gasteiger partial charge in [0.25, 0.3) is 0 Å². The quantitative estimate of drug-likeness (QED) is 0.290. The molecule has 1 aromatic rings. The number of hydrogen-bond donors (Lipinski definition) is 0. The van der Waals surface area contributed by atoms with Gasteiger partial charge in [-0.3, -0.25) is 0 Å². The maximum atomic E-state index is 8.27. The number of imidazole rings is 1. The van der Waals surface area contributed by atoms with Crippen molar-refractivity contribution in [2.24, 2.45) is 5.11 Å². The Kier molecular flexibility index (Phi) is 2.99. The molecule has 0 unspecified atom stereocenters. The van der Waals surface area contributed by atoms with Crippen LogP contribution in [0.4, 0.5) is 5.95 Å². The summed E-state index contributed by atoms with van der Waals surface area (Å²) in [6.45, 7) is 2.31. The molecule has 0 aliphatic carbocycles. The van der Waals surface area contributed by atoms with Crippen molar-refractivity contribution in [1.82, 2.24) is 4.73 Å². The van der Waals surface area contributed by atoms with Gasteiger partial charge in [0.05, 0.1) is 0 Å². The molecule has 13 heavy (non-hydrogen) atoms. The van der Waals surface area contributed by atoms with E-state index >= 15 is 0 Å². The average Bonchev–Trinajstić information content (AvgIpc) is 2.50. The SMILES string of the molecule is CCO[n+]1ccn(OC)c1N=[N+]=[N-]. The molecule has 7 nitrogen and oxygen atoms in total. The lowest BCUT2D eigenvalue weighted by Crippen LogP contribution is -2.41. The van der Waals surface area contributed by atoms with Crippen LogP contribution in [0, 0.1) is 0 Å². The Morgan fingerprint density at radius 3 is 3.08 bits per heavy atom. The van der Waals surface area contributed by atoms with Crippen LogP contribution in [0.2, 0.25) is 0 Å². The minimum absolute atomic E-state index is 0.242. The third-order valence-corrected chi connectivity index (χ3v) is 1.33. The molecule has 0 spiro atoms. The fourth-order valence-electron chi connectivity index (χ4n) is 0.862. The largest absolute Gasteiger partial charge is 0.364 e. The third kappa shape index (κ3) is 1.83. The topological polar surface area (TPSA) is 76.0 Å². The van der Waals surface area contributed by atoms with E-state index in [0.717, 1.165) is 0 Å². The maximum Gasteiger partial charge on any atom is 0.364 e. The molecule has 0 atom stereocenters. The first-order valence-electron chi connectivity index (χ1n) is 3.69. The molecule has 0 saturated heterocycles. The average molecular weight is 184 g/mol. The van der Waals surface area contributed by atoms with Gasteiger partial charge in [-0.2, -0.15) is 0 Å². The molecule has 0 aromatic carbocycles. The van der Waals surface area contributed by atoms with E-state index in [4.69, 9.17) is 15.2 Å². The van der Waals surface area contributed by atoms with Gasteiger partial charge >= 0.3 is 5.95 Å². The van der Waals surface area contributed by atoms with E-state index in [1.807, 2.05) is 6.92 Å². The summed E-state index contributed by atoms with van der Waals surface area (Å²) in [6.07, 6.45) is 3.18. The molecule has 7 heteroatoms. The molecule has 0 aliphatic rings. The zero-order chi connectivity index (χ0) is 9.68. The molecule has 0 radical (unpaired) electrons. The van der Waals surface area contributed by atoms with Crippen molar-refractivity contribution in [3.05, 3.63) is 22.8 Å². The first-order chi connectivity index (χ1) is 6.33. The summed E-state index contributed by atoms with van der Waals surface area (Å²) >= 11 is 0. The highest BCUT2D eigenvalue weighted by molar-refractivity contribution is 5.04. The van der Waals surface area contributed by atoms with Gasteiger partial charge in [0, 0.05) is 10.0 Å². The summed E-state index contributed by atoms with van der Waals surface area (Å²) in [5.41, 5.74) is 8.27. The van der Waals surface area contributed by atoms with Gasteiger partial charge in [-0.05, 0) is 12.5 Å². The van der Waals surface area contributed by atoms with Gasteiger partial charge in [-0.15, -0.1) is 0 Å². The molecule has 1 rings (SSSR count). The summed E-state index contributed by atoms with van der Waals surface area (Å²) in [5.74, 6) is 0.242. The van der Waals surface area contributed by atoms with Crippen LogP contribution in [0.3, 0.4) is 0 Å². The summed E-state index contributed by atoms with van der Waals surface area (Å²) < 4.78 is 2.64. The molecule has 0 amide bonds. The van der Waals surface area contributed by atoms with Crippen LogP contribution in [0.5, 0.6) is 0 Å². The number of rotatable bonds is 4. The highest BCUT2D eigenvalue weighted by Gasteiger charge is 2.13. The Hall–Kier alpha value is -1.88. The van der Waals surface area contributed by atoms with Crippen LogP contribution in [0.15, 0.2) is 17.5 Å². The van der Waals surface area contributed by atoms with Crippen molar-refractivity contribution in [1.29, 1.82) is 0 Å². The zero-order valence-corrected chi connectivity index (χ0v) is 7.41. The fourth-order valence-corrected chi connectivity index (χ4v) is 0.862. The van der Waals surface area contributed by atoms with Crippen molar-refractivity contribution >= 4 is 5.95 Å². The summed E-state index contributed by atoms with van der Waals surface area (Å²) in [7, 11) is 1.46. The predicted molar refractivity (Wildman–Crippen MR) is 43.1 cm³/mol. The van der Waals surface area contributed by atoms with Crippen LogP contribution in [-0.2, 0) is 0 Å². The van der Waals surface area contributed by atoms with Crippen molar-refractivity contribution < 1.29 is 14.4 Å². The molecular weight excluding hydrogens is 174 g/mol. The molecule has 0 aliphatic heterocycles. The van der Waals surface area contributed by atoms with Crippen LogP contribution in [-0.4, -0.2) is 18.4 Å². The molecule has 0 N–H and O–H groups in total. The van der Waals surface area contributed by atoms with E-state index in [1.165, 1.54) is 16.6 Å². The molecule has 0 fully saturated rings. The second kappa shape index (κ2) is 4.22. The van der Waals surface area contributed by atoms with E-state index < -0.39 is 0 Å². The van der Waals surface area contributed by atoms with Crippen LogP contribution < -0.4 is 14.4 Å². The Labute approximate surface area is 74.6 Å². The van der Waals surface area contributed by atoms with E-state index in [1.54, 1.807) is 12.4 Å². The van der Waals surface area contributed by atoms with E-state index in [-0.39, 0.29) is 5.95 Å². The van der Waals surface area contributed by atoms with Crippen molar-refractivity contribution in [2.45, 2.75) is 6.92 Å². The summed E-state index contributed by atoms with van der Waals surface area (Å²) in [4.78, 5) is 12.7. The first kappa shape index (κ1) is 9.21. The van der Waals surface area contributed by atoms with E-state index in [2.05, 4.69) is 10.0 Å². The van der Waals surface area contributed by atoms with Gasteiger partial charge < -0.3 is 9.68 Å². The van der Waals surface area contributed by atoms with Crippen LogP contribution in [0.25, 0.3) is 10.4 Å². The predicted octanol–water partition coefficient (Wildman–Crippen LogP) is 0.224. The standard InChI is InChI=1S/C6H10N5O2/c1-3-13-11-5-4-10(12-2)6(11)8-9-7/h4-5H,3H2,1-2H3/q+1. The molecular formula is C6H10N5O2+. The summed E-state index contributed by atoms with van der Waals surface area (Å²) in [6, 6.07) is 0. The maximum absolute atomic E-state index is 8.27. The lowest BCUT2D eigenvalue weighted by molar-refractivity contribution is -0.880. The lowest BCUT2D eigenvalue weighted by Gasteiger charge is -1.99. The highest BCUT2D eigenvalue weighted by Crippen LogP contribution is 2.02. The van der Waals surface area contributed by atoms with E-state index in [0.29, 0.717) is 6.61 Å². The fraction of sp³-hybridized carbons (Fsp3) is 0.500. The Bertz CT molecular complexity index is 328. The molecule has 70 valence electrons. The third-order valence-electron chi connectivity index (χ3n) is 1.33. The smallest absolute Gasteiger partial charge is 0.363 e. The van der Waals surface area contributed by atoms with Gasteiger partial charge in [0.2, 0.25) is 0 Å². The van der Waals surface area contributed by atoms with Crippen molar-refractivity contribution in [2.75, 3.05) is 13.7 Å². The van der Waals surface area contributed by atoms with Gasteiger partial charge in [0.15, 0.2) is 0 Å². The number of azide groups is 1. The van der Waals surface area contributed by atoms with Crippen molar-refractivity contribution in [3.8, 4) is 0 Å². The minimum atomic E-state index is 0.242. The monoisotopic (exact) mass is 184 g/mol. The second-order valence-electron chi connectivity index (χ2n) is 2.04. The minimum Gasteiger partial charge on any atom is -0.363 e. The Morgan fingerprint density at radius 1 is 1.77 bits per heavy atom. The highest BCUT2D eigenvalue weighted by atomic mass is 16.7. The molecule has 0 saturated carbocycles. The second-order valence-corrected chi connectivity index (χ2v) is 2.04. The van der Waals surface area contributed by atoms with Gasteiger partial charge in [-0.1, -0.05) is 9.46 Å². The molecule has 1 aromatic heterocycles. The molecule has 0 bridgehead atoms. The Balaban J connectivity index is 3.05. The number of aromatic nitrogens is 2. The number of hydrogen-bond acceptors (Lipinski definition) is 3. The van der Waals surface area contributed by atoms with Crippen LogP contribution in [0.1, 0.15) is 6.92 Å². The summed E-state index contributed by atoms with van der Waals surface area (Å²) in [5, 5.41) is 3.41. The number of nitrogens with zero attached hydrogens (tertiary/aromatic N) is 5. The van der Waals surface area contributed by atoms with Crippen molar-refractivity contribution in [3.63, 3.8) is 0 Å². The Morgan fingerprint density at radius 2 is 2.54 bits per heavy atom. The lowest BCUT2D eigenvalue weighted by atomic mass is 10.9. The normalized spacial score (nSPS) is 9.08. The first-order valence-corrected chi connectivity index (χ1v) is 3.69. The van der Waals surface area contributed by atoms with E-state index in [9.17, 15) is 0 Å². The van der Waals surface area contributed by atoms with Gasteiger partial charge in [-0.25, -0.2) is 0 Å².